The summed E-state index contributed by atoms with van der Waals surface area (Å²) in [5.74, 6) is 0.303. The van der Waals surface area contributed by atoms with Gasteiger partial charge in [-0.15, -0.1) is 0 Å². The zero-order valence-corrected chi connectivity index (χ0v) is 10.7. The highest BCUT2D eigenvalue weighted by atomic mass is 16.5. The van der Waals surface area contributed by atoms with E-state index in [1.54, 1.807) is 0 Å². The summed E-state index contributed by atoms with van der Waals surface area (Å²) in [6.45, 7) is 2.89. The summed E-state index contributed by atoms with van der Waals surface area (Å²) in [6.07, 6.45) is 12.4. The smallest absolute Gasteiger partial charge is 0.308 e. The van der Waals surface area contributed by atoms with E-state index in [4.69, 9.17) is 4.74 Å². The van der Waals surface area contributed by atoms with Crippen LogP contribution in [0.1, 0.15) is 71.1 Å². The van der Waals surface area contributed by atoms with Crippen LogP contribution in [-0.4, -0.2) is 12.6 Å². The van der Waals surface area contributed by atoms with Crippen molar-refractivity contribution in [3.8, 4) is 0 Å². The predicted molar refractivity (Wildman–Crippen MR) is 66.3 cm³/mol. The first-order valence-corrected chi connectivity index (χ1v) is 7.01. The Morgan fingerprint density at radius 2 is 1.56 bits per heavy atom. The van der Waals surface area contributed by atoms with Gasteiger partial charge >= 0.3 is 5.97 Å². The largest absolute Gasteiger partial charge is 0.465 e. The molecule has 0 aromatic rings. The number of ether oxygens (including phenoxy) is 1. The Kier molecular flexibility index (Phi) is 7.28. The van der Waals surface area contributed by atoms with Crippen molar-refractivity contribution in [2.45, 2.75) is 71.1 Å². The third-order valence-corrected chi connectivity index (χ3v) is 3.15. The Morgan fingerprint density at radius 1 is 1.00 bits per heavy atom. The molecule has 0 aliphatic heterocycles. The van der Waals surface area contributed by atoms with Crippen molar-refractivity contribution in [3.63, 3.8) is 0 Å². The van der Waals surface area contributed by atoms with Gasteiger partial charge < -0.3 is 4.74 Å². The van der Waals surface area contributed by atoms with E-state index in [1.807, 2.05) is 0 Å². The van der Waals surface area contributed by atoms with Crippen LogP contribution in [0.2, 0.25) is 0 Å². The Bertz CT molecular complexity index is 185. The van der Waals surface area contributed by atoms with E-state index in [9.17, 15) is 4.79 Å². The minimum absolute atomic E-state index is 0.0444. The number of unbranched alkanes of at least 4 members (excludes halogenated alkanes) is 7. The lowest BCUT2D eigenvalue weighted by Gasteiger charge is -2.03. The second-order valence-corrected chi connectivity index (χ2v) is 4.92. The van der Waals surface area contributed by atoms with E-state index in [0.29, 0.717) is 6.61 Å². The molecule has 0 aromatic heterocycles. The van der Waals surface area contributed by atoms with Crippen LogP contribution in [0.4, 0.5) is 0 Å². The molecule has 0 N–H and O–H groups in total. The second-order valence-electron chi connectivity index (χ2n) is 4.92. The lowest BCUT2D eigenvalue weighted by atomic mass is 10.1. The van der Waals surface area contributed by atoms with Crippen LogP contribution in [0, 0.1) is 5.92 Å². The molecule has 0 saturated heterocycles. The van der Waals surface area contributed by atoms with Gasteiger partial charge in [-0.1, -0.05) is 51.9 Å². The summed E-state index contributed by atoms with van der Waals surface area (Å²) in [4.78, 5) is 11.2. The number of carbonyl (C=O) groups excluding carboxylic acids is 1. The van der Waals surface area contributed by atoms with Gasteiger partial charge in [0.05, 0.1) is 12.5 Å². The standard InChI is InChI=1S/C14H26O2/c1-2-3-4-5-6-7-8-9-12-16-14(15)13-10-11-13/h13H,2-12H2,1H3. The van der Waals surface area contributed by atoms with Gasteiger partial charge in [0.1, 0.15) is 0 Å². The molecule has 1 saturated carbocycles. The van der Waals surface area contributed by atoms with Crippen molar-refractivity contribution in [1.82, 2.24) is 0 Å². The quantitative estimate of drug-likeness (QED) is 0.414. The van der Waals surface area contributed by atoms with Crippen molar-refractivity contribution >= 4 is 5.97 Å². The van der Waals surface area contributed by atoms with Crippen molar-refractivity contribution < 1.29 is 9.53 Å². The number of hydrogen-bond acceptors (Lipinski definition) is 2. The maximum atomic E-state index is 11.2. The predicted octanol–water partition coefficient (Wildman–Crippen LogP) is 4.08. The van der Waals surface area contributed by atoms with E-state index in [2.05, 4.69) is 6.92 Å². The monoisotopic (exact) mass is 226 g/mol. The van der Waals surface area contributed by atoms with Crippen LogP contribution in [0.25, 0.3) is 0 Å². The Morgan fingerprint density at radius 3 is 2.12 bits per heavy atom. The molecular weight excluding hydrogens is 200 g/mol. The second kappa shape index (κ2) is 8.60. The first kappa shape index (κ1) is 13.5. The molecule has 94 valence electrons. The average molecular weight is 226 g/mol. The third-order valence-electron chi connectivity index (χ3n) is 3.15. The minimum atomic E-state index is 0.0444. The molecule has 16 heavy (non-hydrogen) atoms. The zero-order valence-electron chi connectivity index (χ0n) is 10.7. The van der Waals surface area contributed by atoms with E-state index in [1.165, 1.54) is 44.9 Å². The molecule has 0 unspecified atom stereocenters. The number of esters is 1. The van der Waals surface area contributed by atoms with Crippen LogP contribution in [0.3, 0.4) is 0 Å². The van der Waals surface area contributed by atoms with E-state index < -0.39 is 0 Å². The van der Waals surface area contributed by atoms with Crippen LogP contribution in [0.5, 0.6) is 0 Å². The highest BCUT2D eigenvalue weighted by Crippen LogP contribution is 2.30. The van der Waals surface area contributed by atoms with Gasteiger partial charge in [-0.05, 0) is 19.3 Å². The van der Waals surface area contributed by atoms with E-state index in [-0.39, 0.29) is 11.9 Å². The summed E-state index contributed by atoms with van der Waals surface area (Å²) in [6, 6.07) is 0. The van der Waals surface area contributed by atoms with Crippen molar-refractivity contribution in [1.29, 1.82) is 0 Å². The summed E-state index contributed by atoms with van der Waals surface area (Å²) < 4.78 is 5.17. The molecule has 0 atom stereocenters. The molecule has 0 radical (unpaired) electrons. The summed E-state index contributed by atoms with van der Waals surface area (Å²) in [5, 5.41) is 0. The van der Waals surface area contributed by atoms with Gasteiger partial charge in [0.15, 0.2) is 0 Å². The molecule has 0 bridgehead atoms. The summed E-state index contributed by atoms with van der Waals surface area (Å²) in [5.41, 5.74) is 0. The highest BCUT2D eigenvalue weighted by molar-refractivity contribution is 5.74. The fourth-order valence-corrected chi connectivity index (χ4v) is 1.85. The third kappa shape index (κ3) is 6.86. The highest BCUT2D eigenvalue weighted by Gasteiger charge is 2.30. The van der Waals surface area contributed by atoms with Gasteiger partial charge in [0.25, 0.3) is 0 Å². The van der Waals surface area contributed by atoms with Crippen LogP contribution >= 0.6 is 0 Å². The van der Waals surface area contributed by atoms with Crippen LogP contribution in [-0.2, 0) is 9.53 Å². The number of hydrogen-bond donors (Lipinski definition) is 0. The molecule has 2 nitrogen and oxygen atoms in total. The molecule has 1 aliphatic carbocycles. The van der Waals surface area contributed by atoms with E-state index >= 15 is 0 Å². The lowest BCUT2D eigenvalue weighted by Crippen LogP contribution is -2.07. The normalized spacial score (nSPS) is 15.1. The van der Waals surface area contributed by atoms with Gasteiger partial charge in [0.2, 0.25) is 0 Å². The topological polar surface area (TPSA) is 26.3 Å². The molecule has 1 aliphatic rings. The number of rotatable bonds is 10. The van der Waals surface area contributed by atoms with Crippen LogP contribution in [0.15, 0.2) is 0 Å². The van der Waals surface area contributed by atoms with Gasteiger partial charge in [0, 0.05) is 0 Å². The molecule has 0 aromatic carbocycles. The Hall–Kier alpha value is -0.530. The fourth-order valence-electron chi connectivity index (χ4n) is 1.85. The number of carbonyl (C=O) groups is 1. The molecule has 2 heteroatoms. The van der Waals surface area contributed by atoms with Crippen molar-refractivity contribution in [2.24, 2.45) is 5.92 Å². The van der Waals surface area contributed by atoms with Gasteiger partial charge in [-0.2, -0.15) is 0 Å². The fraction of sp³-hybridized carbons (Fsp3) is 0.929. The minimum Gasteiger partial charge on any atom is -0.465 e. The molecule has 0 heterocycles. The Balaban J connectivity index is 1.72. The lowest BCUT2D eigenvalue weighted by molar-refractivity contribution is -0.145. The van der Waals surface area contributed by atoms with Crippen molar-refractivity contribution in [2.75, 3.05) is 6.61 Å². The first-order valence-electron chi connectivity index (χ1n) is 7.01. The average Bonchev–Trinajstić information content (AvgIpc) is 3.10. The first-order chi connectivity index (χ1) is 7.84. The maximum absolute atomic E-state index is 11.2. The molecule has 0 amide bonds. The molecular formula is C14H26O2. The molecule has 1 fully saturated rings. The van der Waals surface area contributed by atoms with Gasteiger partial charge in [-0.25, -0.2) is 0 Å². The zero-order chi connectivity index (χ0) is 11.6. The summed E-state index contributed by atoms with van der Waals surface area (Å²) in [7, 11) is 0. The SMILES string of the molecule is CCCCCCCCCCOC(=O)C1CC1. The molecule has 1 rings (SSSR count). The Labute approximate surface area is 99.8 Å². The summed E-state index contributed by atoms with van der Waals surface area (Å²) >= 11 is 0. The van der Waals surface area contributed by atoms with E-state index in [0.717, 1.165) is 19.3 Å². The van der Waals surface area contributed by atoms with Crippen LogP contribution < -0.4 is 0 Å². The van der Waals surface area contributed by atoms with Crippen molar-refractivity contribution in [3.05, 3.63) is 0 Å². The van der Waals surface area contributed by atoms with Gasteiger partial charge in [-0.3, -0.25) is 4.79 Å². The molecule has 0 spiro atoms. The maximum Gasteiger partial charge on any atom is 0.308 e.